The molecule has 2 N–H and O–H groups in total. The molecule has 8 heteroatoms. The number of anilines is 1. The Hall–Kier alpha value is -1.51. The zero-order valence-electron chi connectivity index (χ0n) is 11.9. The molecule has 0 spiro atoms. The lowest BCUT2D eigenvalue weighted by Crippen LogP contribution is -2.34. The van der Waals surface area contributed by atoms with Crippen molar-refractivity contribution in [2.24, 2.45) is 0 Å². The summed E-state index contributed by atoms with van der Waals surface area (Å²) in [6, 6.07) is 1.79. The van der Waals surface area contributed by atoms with Gasteiger partial charge in [-0.25, -0.2) is 23.1 Å². The minimum absolute atomic E-state index is 0.0707. The summed E-state index contributed by atoms with van der Waals surface area (Å²) in [4.78, 5) is 8.03. The fourth-order valence-corrected chi connectivity index (χ4v) is 3.65. The van der Waals surface area contributed by atoms with Gasteiger partial charge in [0.1, 0.15) is 4.90 Å². The van der Waals surface area contributed by atoms with Crippen molar-refractivity contribution in [1.82, 2.24) is 14.7 Å². The summed E-state index contributed by atoms with van der Waals surface area (Å²) in [5, 5.41) is 6.91. The Morgan fingerprint density at radius 2 is 2.05 bits per heavy atom. The topological polar surface area (TPSA) is 84.0 Å². The van der Waals surface area contributed by atoms with Crippen molar-refractivity contribution < 1.29 is 8.42 Å². The van der Waals surface area contributed by atoms with E-state index in [2.05, 4.69) is 20.0 Å². The molecule has 0 aliphatic carbocycles. The zero-order chi connectivity index (χ0) is 15.3. The third-order valence-electron chi connectivity index (χ3n) is 2.75. The van der Waals surface area contributed by atoms with Crippen molar-refractivity contribution in [3.8, 4) is 0 Å². The number of hydrogen-bond donors (Lipinski definition) is 2. The molecule has 6 nitrogen and oxygen atoms in total. The highest BCUT2D eigenvalue weighted by atomic mass is 32.2. The maximum Gasteiger partial charge on any atom is 0.243 e. The Kier molecular flexibility index (Phi) is 5.27. The van der Waals surface area contributed by atoms with Crippen LogP contribution >= 0.6 is 11.3 Å². The largest absolute Gasteiger partial charge is 0.355 e. The molecule has 2 heterocycles. The molecule has 1 unspecified atom stereocenters. The highest BCUT2D eigenvalue weighted by molar-refractivity contribution is 7.89. The van der Waals surface area contributed by atoms with E-state index in [9.17, 15) is 8.42 Å². The second kappa shape index (κ2) is 6.97. The van der Waals surface area contributed by atoms with Crippen LogP contribution in [-0.4, -0.2) is 31.0 Å². The number of nitrogens with zero attached hydrogens (tertiary/aromatic N) is 2. The van der Waals surface area contributed by atoms with Gasteiger partial charge in [-0.1, -0.05) is 0 Å². The molecule has 0 amide bonds. The van der Waals surface area contributed by atoms with Gasteiger partial charge in [0.15, 0.2) is 0 Å². The van der Waals surface area contributed by atoms with Crippen LogP contribution in [0.15, 0.2) is 34.1 Å². The molecule has 0 saturated heterocycles. The molecular formula is C13H18N4O2S2. The SMILES string of the molecule is CCNc1ncc(S(=O)(=O)NC(C)Cc2ccsc2)cn1. The molecule has 1 atom stereocenters. The second-order valence-electron chi connectivity index (χ2n) is 4.63. The minimum Gasteiger partial charge on any atom is -0.355 e. The molecule has 114 valence electrons. The lowest BCUT2D eigenvalue weighted by Gasteiger charge is -2.13. The summed E-state index contributed by atoms with van der Waals surface area (Å²) in [5.41, 5.74) is 1.12. The summed E-state index contributed by atoms with van der Waals surface area (Å²) < 4.78 is 27.1. The van der Waals surface area contributed by atoms with E-state index in [4.69, 9.17) is 0 Å². The van der Waals surface area contributed by atoms with Gasteiger partial charge >= 0.3 is 0 Å². The maximum absolute atomic E-state index is 12.2. The summed E-state index contributed by atoms with van der Waals surface area (Å²) in [5.74, 6) is 0.419. The first-order valence-electron chi connectivity index (χ1n) is 6.60. The molecule has 0 bridgehead atoms. The molecule has 2 rings (SSSR count). The van der Waals surface area contributed by atoms with Crippen molar-refractivity contribution in [2.75, 3.05) is 11.9 Å². The number of nitrogens with one attached hydrogen (secondary N) is 2. The molecule has 2 aromatic rings. The van der Waals surface area contributed by atoms with Gasteiger partial charge in [-0.2, -0.15) is 11.3 Å². The third kappa shape index (κ3) is 4.48. The summed E-state index contributed by atoms with van der Waals surface area (Å²) in [6.45, 7) is 4.44. The van der Waals surface area contributed by atoms with Gasteiger partial charge in [0.2, 0.25) is 16.0 Å². The van der Waals surface area contributed by atoms with E-state index >= 15 is 0 Å². The molecule has 0 aliphatic rings. The van der Waals surface area contributed by atoms with E-state index in [1.165, 1.54) is 12.4 Å². The highest BCUT2D eigenvalue weighted by Crippen LogP contribution is 2.12. The van der Waals surface area contributed by atoms with E-state index < -0.39 is 10.0 Å². The van der Waals surface area contributed by atoms with Crippen molar-refractivity contribution in [1.29, 1.82) is 0 Å². The van der Waals surface area contributed by atoms with E-state index in [1.54, 1.807) is 11.3 Å². The molecule has 0 fully saturated rings. The van der Waals surface area contributed by atoms with Crippen LogP contribution in [0.4, 0.5) is 5.95 Å². The second-order valence-corrected chi connectivity index (χ2v) is 7.12. The van der Waals surface area contributed by atoms with Crippen LogP contribution in [0.2, 0.25) is 0 Å². The lowest BCUT2D eigenvalue weighted by atomic mass is 10.1. The van der Waals surface area contributed by atoms with E-state index in [-0.39, 0.29) is 10.9 Å². The molecule has 0 saturated carbocycles. The number of rotatable bonds is 7. The first-order chi connectivity index (χ1) is 10.0. The van der Waals surface area contributed by atoms with Crippen molar-refractivity contribution in [2.45, 2.75) is 31.2 Å². The monoisotopic (exact) mass is 326 g/mol. The van der Waals surface area contributed by atoms with E-state index in [1.807, 2.05) is 30.7 Å². The number of aromatic nitrogens is 2. The van der Waals surface area contributed by atoms with Gasteiger partial charge in [0, 0.05) is 12.6 Å². The first kappa shape index (κ1) is 15.9. The van der Waals surface area contributed by atoms with E-state index in [0.717, 1.165) is 5.56 Å². The van der Waals surface area contributed by atoms with Gasteiger partial charge in [-0.3, -0.25) is 0 Å². The summed E-state index contributed by atoms with van der Waals surface area (Å²) in [7, 11) is -3.59. The van der Waals surface area contributed by atoms with Gasteiger partial charge < -0.3 is 5.32 Å². The van der Waals surface area contributed by atoms with Crippen molar-refractivity contribution in [3.63, 3.8) is 0 Å². The van der Waals surface area contributed by atoms with Gasteiger partial charge in [-0.05, 0) is 42.7 Å². The van der Waals surface area contributed by atoms with Crippen LogP contribution in [0.3, 0.4) is 0 Å². The van der Waals surface area contributed by atoms with Crippen LogP contribution in [0.5, 0.6) is 0 Å². The standard InChI is InChI=1S/C13H18N4O2S2/c1-3-14-13-15-7-12(8-16-13)21(18,19)17-10(2)6-11-4-5-20-9-11/h4-5,7-10,17H,3,6H2,1-2H3,(H,14,15,16). The summed E-state index contributed by atoms with van der Waals surface area (Å²) >= 11 is 1.60. The third-order valence-corrected chi connectivity index (χ3v) is 5.03. The van der Waals surface area contributed by atoms with Crippen LogP contribution in [-0.2, 0) is 16.4 Å². The molecule has 0 aliphatic heterocycles. The van der Waals surface area contributed by atoms with Crippen molar-refractivity contribution >= 4 is 27.3 Å². The smallest absolute Gasteiger partial charge is 0.243 e. The predicted octanol–water partition coefficient (Wildman–Crippen LogP) is 1.88. The Morgan fingerprint density at radius 1 is 1.33 bits per heavy atom. The Bertz CT molecular complexity index is 654. The molecule has 2 aromatic heterocycles. The average Bonchev–Trinajstić information content (AvgIpc) is 2.92. The number of sulfonamides is 1. The Labute approximate surface area is 128 Å². The minimum atomic E-state index is -3.59. The number of thiophene rings is 1. The van der Waals surface area contributed by atoms with Gasteiger partial charge in [-0.15, -0.1) is 0 Å². The van der Waals surface area contributed by atoms with Gasteiger partial charge in [0.25, 0.3) is 0 Å². The lowest BCUT2D eigenvalue weighted by molar-refractivity contribution is 0.559. The average molecular weight is 326 g/mol. The normalized spacial score (nSPS) is 13.0. The molecule has 0 radical (unpaired) electrons. The molecule has 21 heavy (non-hydrogen) atoms. The Balaban J connectivity index is 2.03. The first-order valence-corrected chi connectivity index (χ1v) is 9.03. The maximum atomic E-state index is 12.2. The fraction of sp³-hybridized carbons (Fsp3) is 0.385. The highest BCUT2D eigenvalue weighted by Gasteiger charge is 2.18. The molecular weight excluding hydrogens is 308 g/mol. The quantitative estimate of drug-likeness (QED) is 0.811. The Morgan fingerprint density at radius 3 is 2.62 bits per heavy atom. The van der Waals surface area contributed by atoms with Gasteiger partial charge in [0.05, 0.1) is 12.4 Å². The van der Waals surface area contributed by atoms with Crippen molar-refractivity contribution in [3.05, 3.63) is 34.8 Å². The fourth-order valence-electron chi connectivity index (χ4n) is 1.84. The predicted molar refractivity (Wildman–Crippen MR) is 84.0 cm³/mol. The summed E-state index contributed by atoms with van der Waals surface area (Å²) in [6.07, 6.45) is 3.27. The molecule has 0 aromatic carbocycles. The van der Waals surface area contributed by atoms with Crippen LogP contribution in [0.1, 0.15) is 19.4 Å². The zero-order valence-corrected chi connectivity index (χ0v) is 13.5. The van der Waals surface area contributed by atoms with E-state index in [0.29, 0.717) is 18.9 Å². The van der Waals surface area contributed by atoms with Crippen LogP contribution in [0, 0.1) is 0 Å². The number of hydrogen-bond acceptors (Lipinski definition) is 6. The van der Waals surface area contributed by atoms with Crippen LogP contribution < -0.4 is 10.0 Å². The van der Waals surface area contributed by atoms with Crippen LogP contribution in [0.25, 0.3) is 0 Å².